The molecule has 0 N–H and O–H groups in total. The Morgan fingerprint density at radius 1 is 1.29 bits per heavy atom. The normalized spacial score (nSPS) is 10.5. The first-order valence-corrected chi connectivity index (χ1v) is 5.00. The minimum Gasteiger partial charge on any atom is -0.132 e. The number of aryl methyl sites for hydroxylation is 2. The highest BCUT2D eigenvalue weighted by Crippen LogP contribution is 2.22. The van der Waals surface area contributed by atoms with Crippen molar-refractivity contribution < 1.29 is 0 Å². The van der Waals surface area contributed by atoms with Gasteiger partial charge in [-0.3, -0.25) is 0 Å². The van der Waals surface area contributed by atoms with Gasteiger partial charge in [0.1, 0.15) is 5.69 Å². The number of hydrogen-bond donors (Lipinski definition) is 0. The first kappa shape index (κ1) is 9.33. The standard InChI is InChI=1S/C9H9BrN4/c1-6-4-3-5-8(10)9(6)14-12-7(2)11-13-14/h3-5H,1-2H3. The zero-order chi connectivity index (χ0) is 10.1. The van der Waals surface area contributed by atoms with Gasteiger partial charge in [0.25, 0.3) is 0 Å². The molecular weight excluding hydrogens is 244 g/mol. The van der Waals surface area contributed by atoms with Crippen LogP contribution in [0, 0.1) is 13.8 Å². The van der Waals surface area contributed by atoms with Crippen LogP contribution in [0.25, 0.3) is 5.69 Å². The van der Waals surface area contributed by atoms with E-state index in [4.69, 9.17) is 0 Å². The largest absolute Gasteiger partial charge is 0.172 e. The maximum Gasteiger partial charge on any atom is 0.172 e. The molecule has 5 heteroatoms. The molecule has 0 fully saturated rings. The van der Waals surface area contributed by atoms with Gasteiger partial charge in [0, 0.05) is 4.47 Å². The first-order chi connectivity index (χ1) is 6.68. The molecule has 0 bridgehead atoms. The molecular formula is C9H9BrN4. The van der Waals surface area contributed by atoms with Crippen molar-refractivity contribution in [3.05, 3.63) is 34.1 Å². The Morgan fingerprint density at radius 2 is 2.07 bits per heavy atom. The zero-order valence-corrected chi connectivity index (χ0v) is 9.48. The molecule has 2 rings (SSSR count). The van der Waals surface area contributed by atoms with E-state index in [2.05, 4.69) is 31.3 Å². The third-order valence-corrected chi connectivity index (χ3v) is 2.54. The molecule has 0 saturated carbocycles. The van der Waals surface area contributed by atoms with Crippen molar-refractivity contribution in [1.82, 2.24) is 20.2 Å². The summed E-state index contributed by atoms with van der Waals surface area (Å²) in [7, 11) is 0. The number of benzene rings is 1. The molecule has 72 valence electrons. The molecule has 0 aliphatic heterocycles. The second-order valence-corrected chi connectivity index (χ2v) is 3.89. The van der Waals surface area contributed by atoms with Gasteiger partial charge < -0.3 is 0 Å². The van der Waals surface area contributed by atoms with E-state index in [1.165, 1.54) is 4.80 Å². The Hall–Kier alpha value is -1.23. The van der Waals surface area contributed by atoms with E-state index in [0.717, 1.165) is 15.7 Å². The number of halogens is 1. The molecule has 0 aliphatic carbocycles. The summed E-state index contributed by atoms with van der Waals surface area (Å²) < 4.78 is 0.968. The van der Waals surface area contributed by atoms with Gasteiger partial charge in [0.2, 0.25) is 0 Å². The SMILES string of the molecule is Cc1nnn(-c2c(C)cccc2Br)n1. The van der Waals surface area contributed by atoms with Gasteiger partial charge >= 0.3 is 0 Å². The fourth-order valence-corrected chi connectivity index (χ4v) is 1.88. The average Bonchev–Trinajstić information content (AvgIpc) is 2.51. The Kier molecular flexibility index (Phi) is 2.33. The molecule has 1 aromatic heterocycles. The van der Waals surface area contributed by atoms with Crippen molar-refractivity contribution >= 4 is 15.9 Å². The number of para-hydroxylation sites is 1. The van der Waals surface area contributed by atoms with Crippen molar-refractivity contribution in [2.24, 2.45) is 0 Å². The molecule has 1 aromatic carbocycles. The summed E-state index contributed by atoms with van der Waals surface area (Å²) in [6.45, 7) is 3.83. The lowest BCUT2D eigenvalue weighted by molar-refractivity contribution is 0.712. The lowest BCUT2D eigenvalue weighted by Gasteiger charge is -2.04. The van der Waals surface area contributed by atoms with E-state index in [-0.39, 0.29) is 0 Å². The highest BCUT2D eigenvalue weighted by atomic mass is 79.9. The van der Waals surface area contributed by atoms with Crippen molar-refractivity contribution in [3.8, 4) is 5.69 Å². The smallest absolute Gasteiger partial charge is 0.132 e. The number of nitrogens with zero attached hydrogens (tertiary/aromatic N) is 4. The van der Waals surface area contributed by atoms with Crippen LogP contribution in [0.1, 0.15) is 11.4 Å². The maximum atomic E-state index is 4.17. The lowest BCUT2D eigenvalue weighted by Crippen LogP contribution is -2.02. The Morgan fingerprint density at radius 3 is 2.64 bits per heavy atom. The number of hydrogen-bond acceptors (Lipinski definition) is 3. The summed E-state index contributed by atoms with van der Waals surface area (Å²) in [5, 5.41) is 12.0. The fourth-order valence-electron chi connectivity index (χ4n) is 1.26. The highest BCUT2D eigenvalue weighted by molar-refractivity contribution is 9.10. The molecule has 2 aromatic rings. The van der Waals surface area contributed by atoms with E-state index >= 15 is 0 Å². The van der Waals surface area contributed by atoms with Crippen LogP contribution in [0.3, 0.4) is 0 Å². The predicted octanol–water partition coefficient (Wildman–Crippen LogP) is 2.04. The summed E-state index contributed by atoms with van der Waals surface area (Å²) >= 11 is 3.46. The second kappa shape index (κ2) is 3.49. The van der Waals surface area contributed by atoms with Crippen LogP contribution < -0.4 is 0 Å². The average molecular weight is 253 g/mol. The number of tetrazole rings is 1. The fraction of sp³-hybridized carbons (Fsp3) is 0.222. The van der Waals surface area contributed by atoms with Crippen LogP contribution >= 0.6 is 15.9 Å². The Labute approximate surface area is 90.1 Å². The quantitative estimate of drug-likeness (QED) is 0.781. The van der Waals surface area contributed by atoms with Gasteiger partial charge in [-0.2, -0.15) is 0 Å². The summed E-state index contributed by atoms with van der Waals surface area (Å²) in [6, 6.07) is 5.95. The molecule has 0 aliphatic rings. The summed E-state index contributed by atoms with van der Waals surface area (Å²) in [5.74, 6) is 0.667. The van der Waals surface area contributed by atoms with E-state index in [0.29, 0.717) is 5.82 Å². The molecule has 0 saturated heterocycles. The molecule has 0 amide bonds. The zero-order valence-electron chi connectivity index (χ0n) is 7.90. The van der Waals surface area contributed by atoms with Gasteiger partial charge in [-0.15, -0.1) is 15.0 Å². The van der Waals surface area contributed by atoms with Crippen LogP contribution in [-0.4, -0.2) is 20.2 Å². The van der Waals surface area contributed by atoms with Crippen molar-refractivity contribution in [1.29, 1.82) is 0 Å². The summed E-state index contributed by atoms with van der Waals surface area (Å²) in [4.78, 5) is 1.54. The van der Waals surface area contributed by atoms with E-state index in [1.807, 2.05) is 32.0 Å². The van der Waals surface area contributed by atoms with Crippen molar-refractivity contribution in [2.45, 2.75) is 13.8 Å². The van der Waals surface area contributed by atoms with E-state index in [9.17, 15) is 0 Å². The van der Waals surface area contributed by atoms with Crippen LogP contribution in [0.4, 0.5) is 0 Å². The molecule has 14 heavy (non-hydrogen) atoms. The van der Waals surface area contributed by atoms with Crippen LogP contribution in [0.5, 0.6) is 0 Å². The Balaban J connectivity index is 2.61. The summed E-state index contributed by atoms with van der Waals surface area (Å²) in [6.07, 6.45) is 0. The van der Waals surface area contributed by atoms with Gasteiger partial charge in [0.05, 0.1) is 0 Å². The molecule has 0 spiro atoms. The van der Waals surface area contributed by atoms with Gasteiger partial charge in [-0.25, -0.2) is 0 Å². The topological polar surface area (TPSA) is 43.6 Å². The maximum absolute atomic E-state index is 4.17. The van der Waals surface area contributed by atoms with Gasteiger partial charge in [-0.05, 0) is 46.6 Å². The van der Waals surface area contributed by atoms with Crippen LogP contribution in [-0.2, 0) is 0 Å². The predicted molar refractivity (Wildman–Crippen MR) is 56.3 cm³/mol. The summed E-state index contributed by atoms with van der Waals surface area (Å²) in [5.41, 5.74) is 2.05. The van der Waals surface area contributed by atoms with Crippen molar-refractivity contribution in [2.75, 3.05) is 0 Å². The molecule has 4 nitrogen and oxygen atoms in total. The third-order valence-electron chi connectivity index (χ3n) is 1.90. The first-order valence-electron chi connectivity index (χ1n) is 4.20. The molecule has 0 radical (unpaired) electrons. The molecule has 0 unspecified atom stereocenters. The minimum absolute atomic E-state index is 0.667. The molecule has 0 atom stereocenters. The lowest BCUT2D eigenvalue weighted by atomic mass is 10.2. The third kappa shape index (κ3) is 1.55. The van der Waals surface area contributed by atoms with Crippen LogP contribution in [0.2, 0.25) is 0 Å². The second-order valence-electron chi connectivity index (χ2n) is 3.03. The van der Waals surface area contributed by atoms with Gasteiger partial charge in [-0.1, -0.05) is 12.1 Å². The highest BCUT2D eigenvalue weighted by Gasteiger charge is 2.08. The Bertz CT molecular complexity index is 443. The molecule has 1 heterocycles. The van der Waals surface area contributed by atoms with Crippen molar-refractivity contribution in [3.63, 3.8) is 0 Å². The van der Waals surface area contributed by atoms with Crippen LogP contribution in [0.15, 0.2) is 22.7 Å². The number of rotatable bonds is 1. The van der Waals surface area contributed by atoms with E-state index in [1.54, 1.807) is 0 Å². The minimum atomic E-state index is 0.667. The van der Waals surface area contributed by atoms with Gasteiger partial charge in [0.15, 0.2) is 5.82 Å². The number of aromatic nitrogens is 4. The monoisotopic (exact) mass is 252 g/mol. The van der Waals surface area contributed by atoms with E-state index < -0.39 is 0 Å².